The molecule has 116 valence electrons. The van der Waals surface area contributed by atoms with Crippen molar-refractivity contribution in [3.05, 3.63) is 11.8 Å². The van der Waals surface area contributed by atoms with Crippen molar-refractivity contribution >= 4 is 14.6 Å². The van der Waals surface area contributed by atoms with Crippen LogP contribution in [0.25, 0.3) is 0 Å². The summed E-state index contributed by atoms with van der Waals surface area (Å²) >= 11 is 0. The van der Waals surface area contributed by atoms with Gasteiger partial charge in [-0.3, -0.25) is 0 Å². The second-order valence-corrected chi connectivity index (χ2v) is 12.8. The van der Waals surface area contributed by atoms with E-state index in [1.54, 1.807) is 0 Å². The first-order valence-corrected chi connectivity index (χ1v) is 10.4. The molecule has 4 heteroatoms. The van der Waals surface area contributed by atoms with E-state index in [-0.39, 0.29) is 16.5 Å². The molecule has 0 unspecified atom stereocenters. The molecule has 20 heavy (non-hydrogen) atoms. The van der Waals surface area contributed by atoms with E-state index in [2.05, 4.69) is 44.8 Å². The first-order chi connectivity index (χ1) is 8.93. The van der Waals surface area contributed by atoms with E-state index in [1.807, 2.05) is 21.0 Å². The molecule has 1 rings (SSSR count). The number of hydrogen-bond donors (Lipinski definition) is 0. The lowest BCUT2D eigenvalue weighted by Crippen LogP contribution is -2.46. The maximum absolute atomic E-state index is 11.5. The number of hydrogen-bond acceptors (Lipinski definition) is 3. The predicted octanol–water partition coefficient (Wildman–Crippen LogP) is 3.82. The van der Waals surface area contributed by atoms with Gasteiger partial charge >= 0.3 is 0 Å². The summed E-state index contributed by atoms with van der Waals surface area (Å²) in [5, 5.41) is 0.201. The first kappa shape index (κ1) is 17.4. The van der Waals surface area contributed by atoms with Gasteiger partial charge in [-0.05, 0) is 44.7 Å². The number of carbonyl (C=O) groups is 1. The molecule has 0 aromatic rings. The molecule has 0 fully saturated rings. The van der Waals surface area contributed by atoms with Gasteiger partial charge in [0.1, 0.15) is 6.29 Å². The van der Waals surface area contributed by atoms with Gasteiger partial charge in [-0.15, -0.1) is 0 Å². The van der Waals surface area contributed by atoms with Gasteiger partial charge in [-0.2, -0.15) is 0 Å². The molecule has 2 atom stereocenters. The van der Waals surface area contributed by atoms with Crippen molar-refractivity contribution in [1.82, 2.24) is 4.90 Å². The van der Waals surface area contributed by atoms with Crippen molar-refractivity contribution in [2.24, 2.45) is 5.41 Å². The molecule has 1 aliphatic rings. The third-order valence-corrected chi connectivity index (χ3v) is 9.33. The van der Waals surface area contributed by atoms with Crippen LogP contribution in [-0.2, 0) is 9.22 Å². The van der Waals surface area contributed by atoms with Gasteiger partial charge in [0, 0.05) is 17.9 Å². The highest BCUT2D eigenvalue weighted by molar-refractivity contribution is 6.74. The lowest BCUT2D eigenvalue weighted by atomic mass is 9.75. The second kappa shape index (κ2) is 5.64. The van der Waals surface area contributed by atoms with E-state index < -0.39 is 8.32 Å². The minimum absolute atomic E-state index is 0.119. The highest BCUT2D eigenvalue weighted by Gasteiger charge is 2.42. The smallest absolute Gasteiger partial charge is 0.250 e. The SMILES string of the molecule is CN(C)[C@H]1C=C(O[Si](C)(C)C(C)(C)C)CC[C@@]1(C)C=O. The maximum Gasteiger partial charge on any atom is 0.250 e. The molecule has 0 aliphatic heterocycles. The fraction of sp³-hybridized carbons (Fsp3) is 0.812. The molecule has 0 bridgehead atoms. The van der Waals surface area contributed by atoms with E-state index >= 15 is 0 Å². The standard InChI is InChI=1S/C16H31NO2Si/c1-15(2,3)20(7,8)19-13-9-10-16(4,12-18)14(11-13)17(5)6/h11-12,14H,9-10H2,1-8H3/t14-,16-/m0/s1. The molecular formula is C16H31NO2Si. The number of carbonyl (C=O) groups excluding carboxylic acids is 1. The maximum atomic E-state index is 11.5. The molecule has 0 heterocycles. The van der Waals surface area contributed by atoms with Gasteiger partial charge in [0.25, 0.3) is 0 Å². The van der Waals surface area contributed by atoms with E-state index in [0.717, 1.165) is 24.9 Å². The Morgan fingerprint density at radius 3 is 2.35 bits per heavy atom. The van der Waals surface area contributed by atoms with Crippen molar-refractivity contribution in [3.8, 4) is 0 Å². The third-order valence-electron chi connectivity index (χ3n) is 4.95. The fourth-order valence-electron chi connectivity index (χ4n) is 2.42. The minimum Gasteiger partial charge on any atom is -0.547 e. The van der Waals surface area contributed by atoms with Crippen LogP contribution in [0.1, 0.15) is 40.5 Å². The summed E-state index contributed by atoms with van der Waals surface area (Å²) in [6, 6.07) is 0.119. The Kier molecular flexibility index (Phi) is 4.92. The van der Waals surface area contributed by atoms with Crippen LogP contribution in [0.15, 0.2) is 11.8 Å². The van der Waals surface area contributed by atoms with Crippen molar-refractivity contribution in [3.63, 3.8) is 0 Å². The van der Waals surface area contributed by atoms with Gasteiger partial charge in [-0.1, -0.05) is 27.7 Å². The Labute approximate surface area is 125 Å². The van der Waals surface area contributed by atoms with Gasteiger partial charge in [0.05, 0.1) is 5.76 Å². The lowest BCUT2D eigenvalue weighted by Gasteiger charge is -2.43. The Morgan fingerprint density at radius 2 is 1.95 bits per heavy atom. The first-order valence-electron chi connectivity index (χ1n) is 7.45. The molecule has 0 saturated carbocycles. The number of likely N-dealkylation sites (N-methyl/N-ethyl adjacent to an activating group) is 1. The second-order valence-electron chi connectivity index (χ2n) is 8.03. The van der Waals surface area contributed by atoms with Crippen molar-refractivity contribution in [1.29, 1.82) is 0 Å². The van der Waals surface area contributed by atoms with Gasteiger partial charge in [-0.25, -0.2) is 0 Å². The summed E-state index contributed by atoms with van der Waals surface area (Å²) in [6.07, 6.45) is 5.00. The Hall–Kier alpha value is -0.613. The summed E-state index contributed by atoms with van der Waals surface area (Å²) in [5.74, 6) is 1.08. The monoisotopic (exact) mass is 297 g/mol. The van der Waals surface area contributed by atoms with Crippen LogP contribution < -0.4 is 0 Å². The van der Waals surface area contributed by atoms with Crippen LogP contribution in [0, 0.1) is 5.41 Å². The summed E-state index contributed by atoms with van der Waals surface area (Å²) < 4.78 is 6.42. The normalized spacial score (nSPS) is 28.2. The number of allylic oxidation sites excluding steroid dienone is 1. The third kappa shape index (κ3) is 3.53. The van der Waals surface area contributed by atoms with Crippen LogP contribution in [0.2, 0.25) is 18.1 Å². The van der Waals surface area contributed by atoms with Crippen LogP contribution in [-0.4, -0.2) is 39.6 Å². The highest BCUT2D eigenvalue weighted by Crippen LogP contribution is 2.42. The molecular weight excluding hydrogens is 266 g/mol. The topological polar surface area (TPSA) is 29.5 Å². The lowest BCUT2D eigenvalue weighted by molar-refractivity contribution is -0.118. The van der Waals surface area contributed by atoms with Crippen molar-refractivity contribution in [2.75, 3.05) is 14.1 Å². The number of aldehydes is 1. The van der Waals surface area contributed by atoms with Crippen LogP contribution in [0.3, 0.4) is 0 Å². The zero-order valence-electron chi connectivity index (χ0n) is 14.4. The van der Waals surface area contributed by atoms with Gasteiger partial charge in [0.2, 0.25) is 8.32 Å². The molecule has 0 radical (unpaired) electrons. The van der Waals surface area contributed by atoms with Gasteiger partial charge < -0.3 is 14.1 Å². The molecule has 1 aliphatic carbocycles. The quantitative estimate of drug-likeness (QED) is 0.583. The largest absolute Gasteiger partial charge is 0.547 e. The van der Waals surface area contributed by atoms with E-state index in [9.17, 15) is 4.79 Å². The Balaban J connectivity index is 2.99. The zero-order chi connectivity index (χ0) is 15.8. The molecule has 0 amide bonds. The van der Waals surface area contributed by atoms with Gasteiger partial charge in [0.15, 0.2) is 0 Å². The van der Waals surface area contributed by atoms with E-state index in [0.29, 0.717) is 0 Å². The van der Waals surface area contributed by atoms with Crippen LogP contribution in [0.4, 0.5) is 0 Å². The van der Waals surface area contributed by atoms with Crippen molar-refractivity contribution < 1.29 is 9.22 Å². The molecule has 0 aromatic carbocycles. The predicted molar refractivity (Wildman–Crippen MR) is 87.2 cm³/mol. The summed E-state index contributed by atoms with van der Waals surface area (Å²) in [7, 11) is 2.26. The van der Waals surface area contributed by atoms with Crippen molar-refractivity contribution in [2.45, 2.75) is 64.7 Å². The van der Waals surface area contributed by atoms with Crippen LogP contribution >= 0.6 is 0 Å². The molecule has 0 spiro atoms. The summed E-state index contributed by atoms with van der Waals surface area (Å²) in [5.41, 5.74) is -0.302. The summed E-state index contributed by atoms with van der Waals surface area (Å²) in [4.78, 5) is 13.6. The average molecular weight is 298 g/mol. The molecule has 0 saturated heterocycles. The van der Waals surface area contributed by atoms with Crippen LogP contribution in [0.5, 0.6) is 0 Å². The molecule has 3 nitrogen and oxygen atoms in total. The van der Waals surface area contributed by atoms with E-state index in [4.69, 9.17) is 4.43 Å². The molecule has 0 aromatic heterocycles. The Morgan fingerprint density at radius 1 is 1.40 bits per heavy atom. The molecule has 0 N–H and O–H groups in total. The Bertz CT molecular complexity index is 396. The number of rotatable bonds is 4. The number of nitrogens with zero attached hydrogens (tertiary/aromatic N) is 1. The summed E-state index contributed by atoms with van der Waals surface area (Å²) in [6.45, 7) is 13.3. The fourth-order valence-corrected chi connectivity index (χ4v) is 3.56. The zero-order valence-corrected chi connectivity index (χ0v) is 15.4. The average Bonchev–Trinajstić information content (AvgIpc) is 2.29. The highest BCUT2D eigenvalue weighted by atomic mass is 28.4. The minimum atomic E-state index is -1.79. The van der Waals surface area contributed by atoms with E-state index in [1.165, 1.54) is 0 Å².